The molecule has 1 heterocycles. The standard InChI is InChI=1S/C24H24N2O/c1-24(2,3)21-13-9-20(10-14-21)23-17-25-26(27-23)22-15-11-19(12-16-22)18-7-5-4-6-8-18/h4-17,25H,1-3H3. The molecule has 0 spiro atoms. The van der Waals surface area contributed by atoms with Crippen molar-refractivity contribution < 1.29 is 4.84 Å². The summed E-state index contributed by atoms with van der Waals surface area (Å²) >= 11 is 0. The van der Waals surface area contributed by atoms with Crippen LogP contribution in [0, 0.1) is 0 Å². The Balaban J connectivity index is 1.46. The summed E-state index contributed by atoms with van der Waals surface area (Å²) in [6.45, 7) is 6.65. The van der Waals surface area contributed by atoms with E-state index in [0.717, 1.165) is 17.0 Å². The summed E-state index contributed by atoms with van der Waals surface area (Å²) in [6.07, 6.45) is 1.89. The zero-order valence-corrected chi connectivity index (χ0v) is 15.9. The molecule has 0 aromatic heterocycles. The molecule has 3 heteroatoms. The molecule has 0 atom stereocenters. The monoisotopic (exact) mass is 356 g/mol. The third kappa shape index (κ3) is 3.68. The van der Waals surface area contributed by atoms with Crippen molar-refractivity contribution in [2.45, 2.75) is 26.2 Å². The highest BCUT2D eigenvalue weighted by Gasteiger charge is 2.19. The summed E-state index contributed by atoms with van der Waals surface area (Å²) in [4.78, 5) is 5.99. The molecule has 1 N–H and O–H groups in total. The Morgan fingerprint density at radius 1 is 0.704 bits per heavy atom. The Kier molecular flexibility index (Phi) is 4.36. The van der Waals surface area contributed by atoms with Crippen molar-refractivity contribution in [2.24, 2.45) is 0 Å². The van der Waals surface area contributed by atoms with Crippen molar-refractivity contribution in [2.75, 3.05) is 5.17 Å². The molecule has 1 aliphatic rings. The van der Waals surface area contributed by atoms with Gasteiger partial charge in [-0.25, -0.2) is 0 Å². The van der Waals surface area contributed by atoms with Crippen molar-refractivity contribution in [3.05, 3.63) is 96.2 Å². The number of anilines is 1. The largest absolute Gasteiger partial charge is 0.357 e. The normalized spacial score (nSPS) is 13.7. The first-order valence-corrected chi connectivity index (χ1v) is 9.21. The third-order valence-electron chi connectivity index (χ3n) is 4.75. The zero-order valence-electron chi connectivity index (χ0n) is 15.9. The van der Waals surface area contributed by atoms with Gasteiger partial charge in [0.25, 0.3) is 0 Å². The van der Waals surface area contributed by atoms with E-state index in [1.54, 1.807) is 5.17 Å². The van der Waals surface area contributed by atoms with Gasteiger partial charge >= 0.3 is 0 Å². The summed E-state index contributed by atoms with van der Waals surface area (Å²) < 4.78 is 0. The number of hydrogen-bond acceptors (Lipinski definition) is 3. The molecule has 1 aliphatic heterocycles. The molecule has 136 valence electrons. The molecule has 3 aromatic carbocycles. The summed E-state index contributed by atoms with van der Waals surface area (Å²) in [5.74, 6) is 0.808. The van der Waals surface area contributed by atoms with Gasteiger partial charge in [0.1, 0.15) is 0 Å². The first-order chi connectivity index (χ1) is 13.0. The Hall–Kier alpha value is -3.20. The van der Waals surface area contributed by atoms with Gasteiger partial charge in [0.05, 0.1) is 11.9 Å². The van der Waals surface area contributed by atoms with E-state index in [0.29, 0.717) is 0 Å². The van der Waals surface area contributed by atoms with Gasteiger partial charge in [-0.2, -0.15) is 0 Å². The minimum atomic E-state index is 0.147. The first kappa shape index (κ1) is 17.2. The highest BCUT2D eigenvalue weighted by atomic mass is 16.7. The molecule has 27 heavy (non-hydrogen) atoms. The van der Waals surface area contributed by atoms with Gasteiger partial charge in [-0.1, -0.05) is 87.5 Å². The summed E-state index contributed by atoms with van der Waals surface area (Å²) in [6, 6.07) is 27.2. The molecule has 0 aliphatic carbocycles. The average molecular weight is 356 g/mol. The van der Waals surface area contributed by atoms with Crippen LogP contribution in [0.5, 0.6) is 0 Å². The number of nitrogens with one attached hydrogen (secondary N) is 1. The van der Waals surface area contributed by atoms with E-state index >= 15 is 0 Å². The van der Waals surface area contributed by atoms with E-state index < -0.39 is 0 Å². The van der Waals surface area contributed by atoms with Crippen LogP contribution in [-0.2, 0) is 10.3 Å². The van der Waals surface area contributed by atoms with Gasteiger partial charge in [-0.3, -0.25) is 5.43 Å². The minimum absolute atomic E-state index is 0.147. The third-order valence-corrected chi connectivity index (χ3v) is 4.75. The maximum Gasteiger partial charge on any atom is 0.182 e. The van der Waals surface area contributed by atoms with Gasteiger partial charge in [0.15, 0.2) is 5.76 Å². The van der Waals surface area contributed by atoms with Crippen molar-refractivity contribution in [1.82, 2.24) is 5.43 Å². The number of benzene rings is 3. The second kappa shape index (κ2) is 6.84. The lowest BCUT2D eigenvalue weighted by Gasteiger charge is -2.20. The van der Waals surface area contributed by atoms with E-state index in [9.17, 15) is 0 Å². The maximum absolute atomic E-state index is 5.99. The predicted molar refractivity (Wildman–Crippen MR) is 112 cm³/mol. The second-order valence-electron chi connectivity index (χ2n) is 7.76. The highest BCUT2D eigenvalue weighted by Crippen LogP contribution is 2.29. The van der Waals surface area contributed by atoms with E-state index in [1.165, 1.54) is 16.7 Å². The van der Waals surface area contributed by atoms with E-state index in [4.69, 9.17) is 4.84 Å². The molecule has 4 rings (SSSR count). The zero-order chi connectivity index (χ0) is 18.9. The highest BCUT2D eigenvalue weighted by molar-refractivity contribution is 5.68. The molecule has 0 saturated carbocycles. The Morgan fingerprint density at radius 2 is 1.30 bits per heavy atom. The van der Waals surface area contributed by atoms with Gasteiger partial charge in [-0.15, -0.1) is 5.17 Å². The molecular weight excluding hydrogens is 332 g/mol. The van der Waals surface area contributed by atoms with Gasteiger partial charge in [0, 0.05) is 5.56 Å². The predicted octanol–water partition coefficient (Wildman–Crippen LogP) is 5.91. The fourth-order valence-corrected chi connectivity index (χ4v) is 3.09. The SMILES string of the molecule is CC(C)(C)c1ccc(C2=CNN(c3ccc(-c4ccccc4)cc3)O2)cc1. The van der Waals surface area contributed by atoms with Crippen LogP contribution >= 0.6 is 0 Å². The fraction of sp³-hybridized carbons (Fsp3) is 0.167. The van der Waals surface area contributed by atoms with Crippen molar-refractivity contribution in [1.29, 1.82) is 0 Å². The van der Waals surface area contributed by atoms with Crippen LogP contribution in [-0.4, -0.2) is 0 Å². The topological polar surface area (TPSA) is 24.5 Å². The number of hydrazine groups is 1. The molecule has 0 saturated heterocycles. The number of rotatable bonds is 3. The van der Waals surface area contributed by atoms with Gasteiger partial charge < -0.3 is 4.84 Å². The van der Waals surface area contributed by atoms with Crippen molar-refractivity contribution in [3.8, 4) is 11.1 Å². The minimum Gasteiger partial charge on any atom is -0.357 e. The molecule has 0 amide bonds. The molecule has 0 bridgehead atoms. The van der Waals surface area contributed by atoms with Crippen LogP contribution in [0.25, 0.3) is 16.9 Å². The Bertz CT molecular complexity index is 936. The summed E-state index contributed by atoms with van der Waals surface area (Å²) in [7, 11) is 0. The smallest absolute Gasteiger partial charge is 0.182 e. The molecule has 3 aromatic rings. The van der Waals surface area contributed by atoms with E-state index in [2.05, 4.69) is 99.0 Å². The second-order valence-corrected chi connectivity index (χ2v) is 7.76. The summed E-state index contributed by atoms with van der Waals surface area (Å²) in [5, 5.41) is 1.68. The van der Waals surface area contributed by atoms with E-state index in [1.807, 2.05) is 12.3 Å². The first-order valence-electron chi connectivity index (χ1n) is 9.21. The van der Waals surface area contributed by atoms with Crippen molar-refractivity contribution in [3.63, 3.8) is 0 Å². The molecular formula is C24H24N2O. The van der Waals surface area contributed by atoms with Crippen LogP contribution in [0.2, 0.25) is 0 Å². The van der Waals surface area contributed by atoms with Crippen LogP contribution < -0.4 is 10.6 Å². The van der Waals surface area contributed by atoms with Crippen LogP contribution in [0.15, 0.2) is 85.1 Å². The van der Waals surface area contributed by atoms with Crippen LogP contribution in [0.4, 0.5) is 5.69 Å². The lowest BCUT2D eigenvalue weighted by atomic mass is 9.86. The Labute approximate surface area is 160 Å². The lowest BCUT2D eigenvalue weighted by molar-refractivity contribution is 0.243. The number of nitrogens with zero attached hydrogens (tertiary/aromatic N) is 1. The van der Waals surface area contributed by atoms with Gasteiger partial charge in [0.2, 0.25) is 0 Å². The fourth-order valence-electron chi connectivity index (χ4n) is 3.09. The average Bonchev–Trinajstić information content (AvgIpc) is 3.18. The molecule has 0 radical (unpaired) electrons. The van der Waals surface area contributed by atoms with Crippen molar-refractivity contribution >= 4 is 11.4 Å². The number of hydrogen-bond donors (Lipinski definition) is 1. The lowest BCUT2D eigenvalue weighted by Crippen LogP contribution is -2.27. The quantitative estimate of drug-likeness (QED) is 0.632. The maximum atomic E-state index is 5.99. The van der Waals surface area contributed by atoms with E-state index in [-0.39, 0.29) is 5.41 Å². The van der Waals surface area contributed by atoms with Crippen LogP contribution in [0.1, 0.15) is 31.9 Å². The molecule has 0 unspecified atom stereocenters. The summed E-state index contributed by atoms with van der Waals surface area (Å²) in [5.41, 5.74) is 9.03. The van der Waals surface area contributed by atoms with Gasteiger partial charge in [-0.05, 0) is 34.2 Å². The van der Waals surface area contributed by atoms with Crippen LogP contribution in [0.3, 0.4) is 0 Å². The Morgan fingerprint density at radius 3 is 1.93 bits per heavy atom. The molecule has 0 fully saturated rings. The molecule has 3 nitrogen and oxygen atoms in total.